The minimum Gasteiger partial charge on any atom is -0.497 e. The van der Waals surface area contributed by atoms with Crippen molar-refractivity contribution in [1.29, 1.82) is 0 Å². The molecule has 1 aliphatic heterocycles. The lowest BCUT2D eigenvalue weighted by molar-refractivity contribution is 0.0971. The Kier molecular flexibility index (Phi) is 6.15. The Morgan fingerprint density at radius 3 is 2.31 bits per heavy atom. The summed E-state index contributed by atoms with van der Waals surface area (Å²) in [4.78, 5) is 29.5. The lowest BCUT2D eigenvalue weighted by Crippen LogP contribution is -2.29. The molecule has 6 nitrogen and oxygen atoms in total. The Morgan fingerprint density at radius 2 is 1.56 bits per heavy atom. The van der Waals surface area contributed by atoms with Crippen LogP contribution in [0.4, 0.5) is 5.69 Å². The summed E-state index contributed by atoms with van der Waals surface area (Å²) in [6.45, 7) is 4.32. The van der Waals surface area contributed by atoms with Gasteiger partial charge < -0.3 is 13.9 Å². The molecule has 2 heterocycles. The van der Waals surface area contributed by atoms with E-state index in [0.717, 1.165) is 22.3 Å². The second kappa shape index (κ2) is 9.80. The smallest absolute Gasteiger partial charge is 0.295 e. The summed E-state index contributed by atoms with van der Waals surface area (Å²) in [5, 5.41) is 0.461. The Balaban J connectivity index is 1.50. The molecule has 4 aromatic carbocycles. The van der Waals surface area contributed by atoms with Crippen molar-refractivity contribution in [3.05, 3.63) is 135 Å². The number of hydrogen-bond donors (Lipinski definition) is 0. The maximum Gasteiger partial charge on any atom is 0.295 e. The van der Waals surface area contributed by atoms with Gasteiger partial charge in [-0.25, -0.2) is 0 Å². The molecule has 1 aliphatic rings. The fraction of sp³-hybridized carbons (Fsp3) is 0.152. The minimum absolute atomic E-state index is 0.0622. The van der Waals surface area contributed by atoms with Crippen molar-refractivity contribution in [2.45, 2.75) is 26.5 Å². The zero-order chi connectivity index (χ0) is 27.1. The zero-order valence-corrected chi connectivity index (χ0v) is 21.9. The Hall–Kier alpha value is -4.84. The van der Waals surface area contributed by atoms with Gasteiger partial charge >= 0.3 is 0 Å². The van der Waals surface area contributed by atoms with E-state index in [9.17, 15) is 9.59 Å². The van der Waals surface area contributed by atoms with Crippen molar-refractivity contribution in [1.82, 2.24) is 0 Å². The van der Waals surface area contributed by atoms with Gasteiger partial charge in [0.1, 0.15) is 23.7 Å². The molecule has 194 valence electrons. The summed E-state index contributed by atoms with van der Waals surface area (Å²) < 4.78 is 17.6. The van der Waals surface area contributed by atoms with E-state index in [-0.39, 0.29) is 17.1 Å². The standard InChI is InChI=1S/C33H27NO5/c1-20-16-27-28(17-21(20)2)39-32-29(31(27)35)30(34(33(32)36)24-12-14-25(37-3)15-13-24)23-10-7-11-26(18-23)38-19-22-8-5-4-6-9-22/h4-18,30H,19H2,1-3H3. The molecule has 6 heteroatoms. The van der Waals surface area contributed by atoms with Gasteiger partial charge in [0.2, 0.25) is 5.76 Å². The topological polar surface area (TPSA) is 69.0 Å². The second-order valence-electron chi connectivity index (χ2n) is 9.73. The number of hydrogen-bond acceptors (Lipinski definition) is 5. The molecular formula is C33H27NO5. The lowest BCUT2D eigenvalue weighted by Gasteiger charge is -2.25. The van der Waals surface area contributed by atoms with E-state index in [1.165, 1.54) is 0 Å². The maximum absolute atomic E-state index is 14.0. The quantitative estimate of drug-likeness (QED) is 0.249. The number of amides is 1. The molecule has 0 saturated heterocycles. The van der Waals surface area contributed by atoms with Crippen LogP contribution in [0, 0.1) is 13.8 Å². The Bertz CT molecular complexity index is 1760. The van der Waals surface area contributed by atoms with Crippen LogP contribution < -0.4 is 19.8 Å². The summed E-state index contributed by atoms with van der Waals surface area (Å²) in [5.74, 6) is 1.01. The van der Waals surface area contributed by atoms with Crippen LogP contribution in [-0.2, 0) is 6.61 Å². The normalized spacial score (nSPS) is 14.5. The highest BCUT2D eigenvalue weighted by molar-refractivity contribution is 6.10. The third-order valence-electron chi connectivity index (χ3n) is 7.26. The third-order valence-corrected chi connectivity index (χ3v) is 7.26. The first-order valence-corrected chi connectivity index (χ1v) is 12.8. The van der Waals surface area contributed by atoms with E-state index in [1.54, 1.807) is 24.1 Å². The van der Waals surface area contributed by atoms with Crippen LogP contribution >= 0.6 is 0 Å². The van der Waals surface area contributed by atoms with Gasteiger partial charge in [-0.1, -0.05) is 42.5 Å². The van der Waals surface area contributed by atoms with Crippen molar-refractivity contribution in [2.75, 3.05) is 12.0 Å². The van der Waals surface area contributed by atoms with Gasteiger partial charge in [0.25, 0.3) is 5.91 Å². The van der Waals surface area contributed by atoms with Crippen LogP contribution in [0.3, 0.4) is 0 Å². The lowest BCUT2D eigenvalue weighted by atomic mass is 9.97. The number of rotatable bonds is 6. The van der Waals surface area contributed by atoms with Gasteiger partial charge in [-0.2, -0.15) is 0 Å². The van der Waals surface area contributed by atoms with Gasteiger partial charge in [-0.15, -0.1) is 0 Å². The molecule has 1 unspecified atom stereocenters. The molecule has 39 heavy (non-hydrogen) atoms. The maximum atomic E-state index is 14.0. The van der Waals surface area contributed by atoms with Gasteiger partial charge in [0.05, 0.1) is 24.1 Å². The number of methoxy groups -OCH3 is 1. The van der Waals surface area contributed by atoms with E-state index in [1.807, 2.05) is 92.7 Å². The highest BCUT2D eigenvalue weighted by atomic mass is 16.5. The first-order chi connectivity index (χ1) is 18.9. The molecule has 0 N–H and O–H groups in total. The molecule has 0 aliphatic carbocycles. The molecule has 1 amide bonds. The zero-order valence-electron chi connectivity index (χ0n) is 21.9. The summed E-state index contributed by atoms with van der Waals surface area (Å²) >= 11 is 0. The first-order valence-electron chi connectivity index (χ1n) is 12.8. The summed E-state index contributed by atoms with van der Waals surface area (Å²) in [7, 11) is 1.59. The van der Waals surface area contributed by atoms with Crippen LogP contribution in [-0.4, -0.2) is 13.0 Å². The van der Waals surface area contributed by atoms with Crippen LogP contribution in [0.15, 0.2) is 100 Å². The summed E-state index contributed by atoms with van der Waals surface area (Å²) in [6.07, 6.45) is 0. The highest BCUT2D eigenvalue weighted by Crippen LogP contribution is 2.42. The number of anilines is 1. The third kappa shape index (κ3) is 4.34. The van der Waals surface area contributed by atoms with Crippen LogP contribution in [0.2, 0.25) is 0 Å². The van der Waals surface area contributed by atoms with E-state index in [2.05, 4.69) is 0 Å². The molecule has 0 radical (unpaired) electrons. The predicted octanol–water partition coefficient (Wildman–Crippen LogP) is 6.75. The molecule has 0 fully saturated rings. The van der Waals surface area contributed by atoms with Crippen molar-refractivity contribution < 1.29 is 18.7 Å². The molecule has 5 aromatic rings. The number of fused-ring (bicyclic) bond motifs is 2. The van der Waals surface area contributed by atoms with Gasteiger partial charge in [0, 0.05) is 5.69 Å². The first kappa shape index (κ1) is 24.5. The van der Waals surface area contributed by atoms with Gasteiger partial charge in [0.15, 0.2) is 5.43 Å². The number of carbonyl (C=O) groups is 1. The number of carbonyl (C=O) groups excluding carboxylic acids is 1. The number of ether oxygens (including phenoxy) is 2. The van der Waals surface area contributed by atoms with Gasteiger partial charge in [-0.3, -0.25) is 14.5 Å². The van der Waals surface area contributed by atoms with Crippen LogP contribution in [0.1, 0.15) is 44.4 Å². The molecular weight excluding hydrogens is 490 g/mol. The molecule has 1 atom stereocenters. The highest BCUT2D eigenvalue weighted by Gasteiger charge is 2.43. The Labute approximate surface area is 226 Å². The van der Waals surface area contributed by atoms with Crippen molar-refractivity contribution in [3.8, 4) is 11.5 Å². The number of benzene rings is 4. The summed E-state index contributed by atoms with van der Waals surface area (Å²) in [5.41, 5.74) is 4.92. The number of nitrogens with zero attached hydrogens (tertiary/aromatic N) is 1. The van der Waals surface area contributed by atoms with E-state index in [4.69, 9.17) is 13.9 Å². The van der Waals surface area contributed by atoms with E-state index >= 15 is 0 Å². The van der Waals surface area contributed by atoms with Crippen molar-refractivity contribution in [3.63, 3.8) is 0 Å². The summed E-state index contributed by atoms with van der Waals surface area (Å²) in [6, 6.07) is 27.6. The minimum atomic E-state index is -0.691. The predicted molar refractivity (Wildman–Crippen MR) is 151 cm³/mol. The molecule has 0 saturated carbocycles. The fourth-order valence-electron chi connectivity index (χ4n) is 5.07. The molecule has 6 rings (SSSR count). The molecule has 0 bridgehead atoms. The van der Waals surface area contributed by atoms with Gasteiger partial charge in [-0.05, 0) is 84.6 Å². The molecule has 1 aromatic heterocycles. The van der Waals surface area contributed by atoms with Crippen LogP contribution in [0.5, 0.6) is 11.5 Å². The largest absolute Gasteiger partial charge is 0.497 e. The average Bonchev–Trinajstić information content (AvgIpc) is 3.26. The number of aryl methyl sites for hydroxylation is 2. The average molecular weight is 518 g/mol. The fourth-order valence-corrected chi connectivity index (χ4v) is 5.07. The SMILES string of the molecule is COc1ccc(N2C(=O)c3oc4cc(C)c(C)cc4c(=O)c3C2c2cccc(OCc3ccccc3)c2)cc1. The van der Waals surface area contributed by atoms with E-state index in [0.29, 0.717) is 40.3 Å². The Morgan fingerprint density at radius 1 is 0.821 bits per heavy atom. The monoisotopic (exact) mass is 517 g/mol. The van der Waals surface area contributed by atoms with Crippen LogP contribution in [0.25, 0.3) is 11.0 Å². The van der Waals surface area contributed by atoms with E-state index < -0.39 is 6.04 Å². The second-order valence-corrected chi connectivity index (χ2v) is 9.73. The molecule has 0 spiro atoms. The van der Waals surface area contributed by atoms with Crippen molar-refractivity contribution >= 4 is 22.6 Å². The van der Waals surface area contributed by atoms with Crippen molar-refractivity contribution in [2.24, 2.45) is 0 Å².